The molecule has 0 radical (unpaired) electrons. The number of halogens is 6. The van der Waals surface area contributed by atoms with Crippen molar-refractivity contribution in [2.75, 3.05) is 0 Å². The monoisotopic (exact) mass is 414 g/mol. The van der Waals surface area contributed by atoms with E-state index >= 15 is 0 Å². The van der Waals surface area contributed by atoms with Gasteiger partial charge in [0, 0.05) is 15.9 Å². The first-order valence-corrected chi connectivity index (χ1v) is 9.75. The van der Waals surface area contributed by atoms with Crippen LogP contribution in [-0.2, 0) is 16.9 Å². The smallest absolute Gasteiger partial charge is 0.309 e. The van der Waals surface area contributed by atoms with Crippen LogP contribution < -0.4 is 15.9 Å². The minimum Gasteiger partial charge on any atom is -0.309 e. The van der Waals surface area contributed by atoms with Gasteiger partial charge in [-0.25, -0.2) is 0 Å². The van der Waals surface area contributed by atoms with Gasteiger partial charge in [-0.1, -0.05) is 60.7 Å². The second-order valence-corrected chi connectivity index (χ2v) is 8.74. The molecule has 0 aliphatic rings. The topological polar surface area (TPSA) is 17.1 Å². The molecule has 8 heteroatoms. The van der Waals surface area contributed by atoms with Crippen molar-refractivity contribution in [1.29, 1.82) is 0 Å². The van der Waals surface area contributed by atoms with E-state index in [1.165, 1.54) is 48.5 Å². The summed E-state index contributed by atoms with van der Waals surface area (Å²) >= 11 is 0. The Morgan fingerprint density at radius 1 is 0.607 bits per heavy atom. The van der Waals surface area contributed by atoms with E-state index in [2.05, 4.69) is 0 Å². The normalized spacial score (nSPS) is 12.8. The first kappa shape index (κ1) is 20.2. The molecular formula is C20H13F6OP. The van der Waals surface area contributed by atoms with Crippen LogP contribution in [0.15, 0.2) is 78.9 Å². The second-order valence-electron chi connectivity index (χ2n) is 6.01. The van der Waals surface area contributed by atoms with Crippen LogP contribution in [0, 0.1) is 0 Å². The quantitative estimate of drug-likeness (QED) is 0.417. The van der Waals surface area contributed by atoms with Crippen molar-refractivity contribution in [2.24, 2.45) is 0 Å². The highest BCUT2D eigenvalue weighted by molar-refractivity contribution is 7.85. The Bertz CT molecular complexity index is 967. The van der Waals surface area contributed by atoms with Crippen molar-refractivity contribution in [1.82, 2.24) is 0 Å². The third kappa shape index (κ3) is 3.72. The van der Waals surface area contributed by atoms with Crippen molar-refractivity contribution in [3.63, 3.8) is 0 Å². The molecule has 0 aromatic heterocycles. The van der Waals surface area contributed by atoms with E-state index in [1.54, 1.807) is 12.1 Å². The predicted octanol–water partition coefficient (Wildman–Crippen LogP) is 5.36. The van der Waals surface area contributed by atoms with Crippen LogP contribution in [0.4, 0.5) is 26.3 Å². The lowest BCUT2D eigenvalue weighted by molar-refractivity contribution is -0.140. The Morgan fingerprint density at radius 3 is 1.46 bits per heavy atom. The van der Waals surface area contributed by atoms with Gasteiger partial charge in [-0.3, -0.25) is 0 Å². The average molecular weight is 414 g/mol. The number of hydrogen-bond donors (Lipinski definition) is 0. The van der Waals surface area contributed by atoms with Gasteiger partial charge in [-0.05, 0) is 18.2 Å². The predicted molar refractivity (Wildman–Crippen MR) is 95.8 cm³/mol. The second kappa shape index (κ2) is 7.13. The van der Waals surface area contributed by atoms with Gasteiger partial charge in [0.15, 0.2) is 7.14 Å². The van der Waals surface area contributed by atoms with E-state index < -0.39 is 35.9 Å². The lowest BCUT2D eigenvalue weighted by Crippen LogP contribution is -2.31. The van der Waals surface area contributed by atoms with Gasteiger partial charge in [0.25, 0.3) is 0 Å². The molecule has 28 heavy (non-hydrogen) atoms. The molecule has 0 aliphatic heterocycles. The SMILES string of the molecule is O=P(c1ccccc1)(c1ccccc1)c1cc(C(F)(F)F)ccc1C(F)(F)F. The molecular weight excluding hydrogens is 401 g/mol. The molecule has 0 amide bonds. The van der Waals surface area contributed by atoms with Crippen LogP contribution in [0.3, 0.4) is 0 Å². The molecule has 3 aromatic carbocycles. The third-order valence-electron chi connectivity index (χ3n) is 4.21. The van der Waals surface area contributed by atoms with Crippen molar-refractivity contribution in [2.45, 2.75) is 12.4 Å². The zero-order valence-electron chi connectivity index (χ0n) is 14.1. The standard InChI is InChI=1S/C20H13F6OP/c21-19(22,23)14-11-12-17(20(24,25)26)18(13-14)28(27,15-7-3-1-4-8-15)16-9-5-2-6-10-16/h1-13H. The molecule has 0 aliphatic carbocycles. The highest BCUT2D eigenvalue weighted by atomic mass is 31.2. The van der Waals surface area contributed by atoms with E-state index in [0.717, 1.165) is 0 Å². The maximum Gasteiger partial charge on any atom is 0.417 e. The fraction of sp³-hybridized carbons (Fsp3) is 0.100. The maximum absolute atomic E-state index is 14.1. The summed E-state index contributed by atoms with van der Waals surface area (Å²) in [7, 11) is -4.23. The first-order valence-electron chi connectivity index (χ1n) is 8.05. The Kier molecular flexibility index (Phi) is 5.15. The molecule has 0 N–H and O–H groups in total. The Balaban J connectivity index is 2.43. The van der Waals surface area contributed by atoms with Gasteiger partial charge in [-0.2, -0.15) is 26.3 Å². The van der Waals surface area contributed by atoms with Crippen molar-refractivity contribution in [3.8, 4) is 0 Å². The molecule has 146 valence electrons. The van der Waals surface area contributed by atoms with E-state index in [9.17, 15) is 30.9 Å². The summed E-state index contributed by atoms with van der Waals surface area (Å²) in [6.07, 6.45) is -9.85. The molecule has 0 saturated carbocycles. The average Bonchev–Trinajstić information content (AvgIpc) is 2.67. The summed E-state index contributed by atoms with van der Waals surface area (Å²) in [5.74, 6) is 0. The molecule has 0 spiro atoms. The molecule has 3 aromatic rings. The van der Waals surface area contributed by atoms with E-state index in [4.69, 9.17) is 0 Å². The molecule has 1 nitrogen and oxygen atoms in total. The zero-order chi connectivity index (χ0) is 20.6. The fourth-order valence-corrected chi connectivity index (χ4v) is 5.81. The van der Waals surface area contributed by atoms with Gasteiger partial charge in [-0.15, -0.1) is 0 Å². The minimum atomic E-state index is -4.97. The van der Waals surface area contributed by atoms with Gasteiger partial charge in [0.05, 0.1) is 11.1 Å². The molecule has 0 saturated heterocycles. The van der Waals surface area contributed by atoms with Crippen molar-refractivity contribution >= 4 is 23.1 Å². The summed E-state index contributed by atoms with van der Waals surface area (Å²) in [5.41, 5.74) is -2.64. The number of rotatable bonds is 3. The van der Waals surface area contributed by atoms with Crippen LogP contribution >= 0.6 is 7.14 Å². The van der Waals surface area contributed by atoms with Gasteiger partial charge >= 0.3 is 12.4 Å². The lowest BCUT2D eigenvalue weighted by atomic mass is 10.1. The molecule has 0 unspecified atom stereocenters. The Labute approximate surface area is 157 Å². The third-order valence-corrected chi connectivity index (χ3v) is 7.31. The van der Waals surface area contributed by atoms with Crippen LogP contribution in [-0.4, -0.2) is 0 Å². The molecule has 0 heterocycles. The minimum absolute atomic E-state index is 0.0195. The van der Waals surface area contributed by atoms with E-state index in [1.807, 2.05) is 0 Å². The van der Waals surface area contributed by atoms with Crippen LogP contribution in [0.5, 0.6) is 0 Å². The highest BCUT2D eigenvalue weighted by Gasteiger charge is 2.43. The highest BCUT2D eigenvalue weighted by Crippen LogP contribution is 2.47. The van der Waals surface area contributed by atoms with Crippen LogP contribution in [0.2, 0.25) is 0 Å². The van der Waals surface area contributed by atoms with Gasteiger partial charge in [0.2, 0.25) is 0 Å². The molecule has 0 fully saturated rings. The number of hydrogen-bond acceptors (Lipinski definition) is 1. The molecule has 0 bridgehead atoms. The van der Waals surface area contributed by atoms with Crippen molar-refractivity contribution in [3.05, 3.63) is 90.0 Å². The van der Waals surface area contributed by atoms with Gasteiger partial charge < -0.3 is 4.57 Å². The fourth-order valence-electron chi connectivity index (χ4n) is 2.91. The Hall–Kier alpha value is -2.53. The Morgan fingerprint density at radius 2 is 1.07 bits per heavy atom. The van der Waals surface area contributed by atoms with Gasteiger partial charge in [0.1, 0.15) is 0 Å². The first-order chi connectivity index (χ1) is 13.0. The molecule has 0 atom stereocenters. The summed E-state index contributed by atoms with van der Waals surface area (Å²) in [6.45, 7) is 0. The maximum atomic E-state index is 14.1. The summed E-state index contributed by atoms with van der Waals surface area (Å²) in [4.78, 5) is 0. The van der Waals surface area contributed by atoms with E-state index in [0.29, 0.717) is 18.2 Å². The lowest BCUT2D eigenvalue weighted by Gasteiger charge is -2.24. The zero-order valence-corrected chi connectivity index (χ0v) is 15.0. The molecule has 3 rings (SSSR count). The number of benzene rings is 3. The van der Waals surface area contributed by atoms with E-state index in [-0.39, 0.29) is 10.6 Å². The summed E-state index contributed by atoms with van der Waals surface area (Å²) < 4.78 is 94.7. The number of alkyl halides is 6. The summed E-state index contributed by atoms with van der Waals surface area (Å²) in [5, 5.41) is -0.843. The van der Waals surface area contributed by atoms with Crippen molar-refractivity contribution < 1.29 is 30.9 Å². The van der Waals surface area contributed by atoms with Crippen LogP contribution in [0.25, 0.3) is 0 Å². The van der Waals surface area contributed by atoms with Crippen LogP contribution in [0.1, 0.15) is 11.1 Å². The summed E-state index contributed by atoms with van der Waals surface area (Å²) in [6, 6.07) is 15.5. The largest absolute Gasteiger partial charge is 0.417 e.